The van der Waals surface area contributed by atoms with Crippen molar-refractivity contribution in [3.8, 4) is 0 Å². The van der Waals surface area contributed by atoms with Gasteiger partial charge in [-0.2, -0.15) is 0 Å². The minimum Gasteiger partial charge on any atom is -0.324 e. The van der Waals surface area contributed by atoms with Crippen LogP contribution in [-0.4, -0.2) is 8.42 Å². The standard InChI is InChI=1S/C11H13F3N2O2S/c1-3-8(15)6-5-7(12)11(10(14)9(6)13)16-19(17,18)4-2/h4-5,8,16H,2-3,15H2,1H3/t8-/m1/s1. The number of rotatable bonds is 5. The smallest absolute Gasteiger partial charge is 0.254 e. The van der Waals surface area contributed by atoms with Crippen LogP contribution >= 0.6 is 0 Å². The van der Waals surface area contributed by atoms with Crippen molar-refractivity contribution in [2.45, 2.75) is 19.4 Å². The van der Waals surface area contributed by atoms with Gasteiger partial charge in [0.1, 0.15) is 5.69 Å². The third-order valence-corrected chi connectivity index (χ3v) is 3.42. The average Bonchev–Trinajstić information content (AvgIpc) is 2.38. The first-order chi connectivity index (χ1) is 8.73. The maximum absolute atomic E-state index is 13.7. The molecule has 4 nitrogen and oxygen atoms in total. The molecule has 0 aliphatic rings. The Labute approximate surface area is 109 Å². The largest absolute Gasteiger partial charge is 0.324 e. The highest BCUT2D eigenvalue weighted by Gasteiger charge is 2.23. The predicted octanol–water partition coefficient (Wildman–Crippen LogP) is 2.40. The van der Waals surface area contributed by atoms with Crippen LogP contribution in [0.4, 0.5) is 18.9 Å². The van der Waals surface area contributed by atoms with Crippen molar-refractivity contribution in [3.63, 3.8) is 0 Å². The molecule has 0 heterocycles. The van der Waals surface area contributed by atoms with E-state index in [0.29, 0.717) is 11.5 Å². The topological polar surface area (TPSA) is 72.2 Å². The first-order valence-electron chi connectivity index (χ1n) is 5.31. The molecule has 0 aromatic heterocycles. The molecular formula is C11H13F3N2O2S. The van der Waals surface area contributed by atoms with Gasteiger partial charge >= 0.3 is 0 Å². The summed E-state index contributed by atoms with van der Waals surface area (Å²) in [5.41, 5.74) is 4.07. The van der Waals surface area contributed by atoms with Crippen LogP contribution in [0.2, 0.25) is 0 Å². The second-order valence-corrected chi connectivity index (χ2v) is 5.41. The fourth-order valence-electron chi connectivity index (χ4n) is 1.38. The van der Waals surface area contributed by atoms with Crippen molar-refractivity contribution in [2.24, 2.45) is 5.73 Å². The van der Waals surface area contributed by atoms with Crippen molar-refractivity contribution < 1.29 is 21.6 Å². The summed E-state index contributed by atoms with van der Waals surface area (Å²) in [4.78, 5) is 0. The molecule has 0 saturated heterocycles. The van der Waals surface area contributed by atoms with Crippen molar-refractivity contribution >= 4 is 15.7 Å². The lowest BCUT2D eigenvalue weighted by Crippen LogP contribution is -2.16. The van der Waals surface area contributed by atoms with E-state index in [1.54, 1.807) is 11.6 Å². The molecule has 106 valence electrons. The van der Waals surface area contributed by atoms with Crippen LogP contribution in [0, 0.1) is 17.5 Å². The third-order valence-electron chi connectivity index (χ3n) is 2.49. The second kappa shape index (κ2) is 5.62. The van der Waals surface area contributed by atoms with E-state index in [4.69, 9.17) is 5.73 Å². The van der Waals surface area contributed by atoms with Crippen molar-refractivity contribution in [3.05, 3.63) is 41.1 Å². The fraction of sp³-hybridized carbons (Fsp3) is 0.273. The Morgan fingerprint density at radius 2 is 2.00 bits per heavy atom. The van der Waals surface area contributed by atoms with E-state index in [2.05, 4.69) is 6.58 Å². The van der Waals surface area contributed by atoms with Gasteiger partial charge in [-0.1, -0.05) is 13.5 Å². The van der Waals surface area contributed by atoms with E-state index >= 15 is 0 Å². The molecule has 0 radical (unpaired) electrons. The van der Waals surface area contributed by atoms with Crippen molar-refractivity contribution in [1.29, 1.82) is 0 Å². The number of nitrogens with two attached hydrogens (primary N) is 1. The summed E-state index contributed by atoms with van der Waals surface area (Å²) >= 11 is 0. The molecule has 0 fully saturated rings. The Bertz CT molecular complexity index is 602. The Morgan fingerprint density at radius 1 is 1.42 bits per heavy atom. The lowest BCUT2D eigenvalue weighted by atomic mass is 10.0. The SMILES string of the molecule is C=CS(=O)(=O)Nc1c(F)cc([C@H](N)CC)c(F)c1F. The number of hydrogen-bond donors (Lipinski definition) is 2. The monoisotopic (exact) mass is 294 g/mol. The van der Waals surface area contributed by atoms with Crippen molar-refractivity contribution in [2.75, 3.05) is 4.72 Å². The quantitative estimate of drug-likeness (QED) is 0.819. The highest BCUT2D eigenvalue weighted by molar-refractivity contribution is 7.95. The Hall–Kier alpha value is -1.54. The molecule has 19 heavy (non-hydrogen) atoms. The minimum absolute atomic E-state index is 0.271. The summed E-state index contributed by atoms with van der Waals surface area (Å²) in [5.74, 6) is -4.26. The minimum atomic E-state index is -4.14. The van der Waals surface area contributed by atoms with Crippen LogP contribution in [0.15, 0.2) is 18.1 Å². The molecule has 1 aromatic carbocycles. The van der Waals surface area contributed by atoms with Crippen molar-refractivity contribution in [1.82, 2.24) is 0 Å². The zero-order chi connectivity index (χ0) is 14.8. The Kier molecular flexibility index (Phi) is 4.59. The summed E-state index contributed by atoms with van der Waals surface area (Å²) in [6, 6.07) is -0.206. The van der Waals surface area contributed by atoms with Crippen LogP contribution in [0.5, 0.6) is 0 Å². The van der Waals surface area contributed by atoms with Gasteiger partial charge in [-0.3, -0.25) is 4.72 Å². The Morgan fingerprint density at radius 3 is 2.47 bits per heavy atom. The zero-order valence-electron chi connectivity index (χ0n) is 10.1. The van der Waals surface area contributed by atoms with Gasteiger partial charge in [0, 0.05) is 17.0 Å². The van der Waals surface area contributed by atoms with Crippen LogP contribution < -0.4 is 10.5 Å². The molecule has 0 aliphatic carbocycles. The molecule has 1 aromatic rings. The molecule has 1 rings (SSSR count). The molecular weight excluding hydrogens is 281 g/mol. The molecule has 0 aliphatic heterocycles. The molecule has 0 saturated carbocycles. The van der Waals surface area contributed by atoms with E-state index in [0.717, 1.165) is 0 Å². The highest BCUT2D eigenvalue weighted by atomic mass is 32.2. The van der Waals surface area contributed by atoms with Gasteiger partial charge in [-0.15, -0.1) is 0 Å². The Balaban J connectivity index is 3.38. The van der Waals surface area contributed by atoms with Crippen LogP contribution in [0.3, 0.4) is 0 Å². The summed E-state index contributed by atoms with van der Waals surface area (Å²) in [6.07, 6.45) is 0.271. The maximum atomic E-state index is 13.7. The van der Waals surface area contributed by atoms with Gasteiger partial charge in [0.05, 0.1) is 0 Å². The summed E-state index contributed by atoms with van der Waals surface area (Å²) in [6.45, 7) is 4.58. The molecule has 3 N–H and O–H groups in total. The summed E-state index contributed by atoms with van der Waals surface area (Å²) in [5, 5.41) is 0.454. The maximum Gasteiger partial charge on any atom is 0.254 e. The first kappa shape index (κ1) is 15.5. The van der Waals surface area contributed by atoms with E-state index in [-0.39, 0.29) is 12.0 Å². The van der Waals surface area contributed by atoms with Gasteiger partial charge in [0.2, 0.25) is 0 Å². The number of anilines is 1. The first-order valence-corrected chi connectivity index (χ1v) is 6.86. The predicted molar refractivity (Wildman–Crippen MR) is 66.3 cm³/mol. The van der Waals surface area contributed by atoms with Gasteiger partial charge in [-0.25, -0.2) is 21.6 Å². The molecule has 1 atom stereocenters. The second-order valence-electron chi connectivity index (χ2n) is 3.78. The molecule has 0 spiro atoms. The van der Waals surface area contributed by atoms with E-state index in [1.807, 2.05) is 0 Å². The number of benzene rings is 1. The lowest BCUT2D eigenvalue weighted by Gasteiger charge is -2.14. The number of nitrogens with one attached hydrogen (secondary N) is 1. The van der Waals surface area contributed by atoms with E-state index in [9.17, 15) is 21.6 Å². The highest BCUT2D eigenvalue weighted by Crippen LogP contribution is 2.29. The van der Waals surface area contributed by atoms with Gasteiger partial charge in [0.25, 0.3) is 10.0 Å². The summed E-state index contributed by atoms with van der Waals surface area (Å²) in [7, 11) is -4.14. The molecule has 0 bridgehead atoms. The van der Waals surface area contributed by atoms with Crippen LogP contribution in [0.1, 0.15) is 24.9 Å². The molecule has 0 unspecified atom stereocenters. The van der Waals surface area contributed by atoms with Gasteiger partial charge in [0.15, 0.2) is 17.5 Å². The number of hydrogen-bond acceptors (Lipinski definition) is 3. The third kappa shape index (κ3) is 3.27. The number of sulfonamides is 1. The van der Waals surface area contributed by atoms with Gasteiger partial charge in [-0.05, 0) is 12.5 Å². The number of halogens is 3. The van der Waals surface area contributed by atoms with Gasteiger partial charge < -0.3 is 5.73 Å². The van der Waals surface area contributed by atoms with E-state index in [1.165, 1.54) is 0 Å². The normalized spacial score (nSPS) is 13.1. The lowest BCUT2D eigenvalue weighted by molar-refractivity contribution is 0.477. The zero-order valence-corrected chi connectivity index (χ0v) is 10.9. The molecule has 8 heteroatoms. The van der Waals surface area contributed by atoms with Crippen LogP contribution in [0.25, 0.3) is 0 Å². The summed E-state index contributed by atoms with van der Waals surface area (Å²) < 4.78 is 64.8. The van der Waals surface area contributed by atoms with Crippen LogP contribution in [-0.2, 0) is 10.0 Å². The average molecular weight is 294 g/mol. The molecule has 0 amide bonds. The van der Waals surface area contributed by atoms with E-state index < -0.39 is 39.2 Å². The fourth-order valence-corrected chi connectivity index (χ4v) is 1.94.